The van der Waals surface area contributed by atoms with Gasteiger partial charge in [0.2, 0.25) is 5.95 Å². The average molecular weight is 720 g/mol. The van der Waals surface area contributed by atoms with Crippen LogP contribution in [0.5, 0.6) is 0 Å². The number of hydrogen-bond acceptors (Lipinski definition) is 9. The monoisotopic (exact) mass is 719 g/mol. The largest absolute Gasteiger partial charge is 0.367 e. The Morgan fingerprint density at radius 2 is 1.19 bits per heavy atom. The number of H-pyrrole nitrogens is 1. The Kier molecular flexibility index (Phi) is 8.58. The minimum Gasteiger partial charge on any atom is -0.367 e. The second-order valence-corrected chi connectivity index (χ2v) is 13.6. The Hall–Kier alpha value is -6.76. The van der Waals surface area contributed by atoms with E-state index >= 15 is 0 Å². The van der Waals surface area contributed by atoms with Crippen LogP contribution < -0.4 is 16.0 Å². The lowest BCUT2D eigenvalue weighted by molar-refractivity contribution is 0.627. The molecule has 4 aromatic carbocycles. The number of rotatable bonds is 9. The molecule has 0 spiro atoms. The van der Waals surface area contributed by atoms with Gasteiger partial charge in [0.1, 0.15) is 29.0 Å². The Morgan fingerprint density at radius 3 is 1.70 bits per heavy atom. The minimum atomic E-state index is -0.241. The molecule has 2 aliphatic rings. The molecule has 2 aliphatic carbocycles. The van der Waals surface area contributed by atoms with Gasteiger partial charge < -0.3 is 16.0 Å². The molecular weight excluding hydrogens is 685 g/mol. The van der Waals surface area contributed by atoms with Gasteiger partial charge in [-0.25, -0.2) is 23.7 Å². The zero-order valence-electron chi connectivity index (χ0n) is 29.3. The number of aromatic nitrogens is 8. The maximum atomic E-state index is 13.3. The van der Waals surface area contributed by atoms with Crippen LogP contribution in [0.4, 0.5) is 32.2 Å². The maximum absolute atomic E-state index is 13.3. The quantitative estimate of drug-likeness (QED) is 0.115. The number of hydrogen-bond donors (Lipinski definition) is 4. The summed E-state index contributed by atoms with van der Waals surface area (Å²) in [5.74, 6) is 2.96. The molecule has 13 heteroatoms. The molecule has 10 rings (SSSR count). The van der Waals surface area contributed by atoms with Crippen molar-refractivity contribution in [2.45, 2.75) is 37.8 Å². The molecule has 4 aromatic heterocycles. The fraction of sp³-hybridized carbons (Fsp3) is 0.171. The molecule has 2 saturated carbocycles. The number of fused-ring (bicyclic) bond motifs is 2. The summed E-state index contributed by atoms with van der Waals surface area (Å²) < 4.78 is 28.2. The van der Waals surface area contributed by atoms with E-state index in [4.69, 9.17) is 9.97 Å². The Morgan fingerprint density at radius 1 is 0.630 bits per heavy atom. The summed E-state index contributed by atoms with van der Waals surface area (Å²) in [5.41, 5.74) is 6.41. The summed E-state index contributed by atoms with van der Waals surface area (Å²) in [7, 11) is 1.86. The molecule has 0 bridgehead atoms. The van der Waals surface area contributed by atoms with E-state index in [0.717, 1.165) is 87.1 Å². The summed E-state index contributed by atoms with van der Waals surface area (Å²) in [6.07, 6.45) is 8.15. The van der Waals surface area contributed by atoms with Gasteiger partial charge in [-0.3, -0.25) is 9.78 Å². The molecule has 0 atom stereocenters. The van der Waals surface area contributed by atoms with Crippen molar-refractivity contribution in [1.29, 1.82) is 0 Å². The predicted molar refractivity (Wildman–Crippen MR) is 207 cm³/mol. The second-order valence-electron chi connectivity index (χ2n) is 13.6. The zero-order valence-corrected chi connectivity index (χ0v) is 29.3. The van der Waals surface area contributed by atoms with E-state index in [1.807, 2.05) is 49.6 Å². The average Bonchev–Trinajstić information content (AvgIpc) is 4.09. The van der Waals surface area contributed by atoms with E-state index in [2.05, 4.69) is 53.3 Å². The smallest absolute Gasteiger partial charge is 0.230 e. The number of benzene rings is 4. The van der Waals surface area contributed by atoms with Crippen LogP contribution in [0.3, 0.4) is 0 Å². The van der Waals surface area contributed by atoms with Crippen molar-refractivity contribution in [3.63, 3.8) is 0 Å². The molecule has 54 heavy (non-hydrogen) atoms. The van der Waals surface area contributed by atoms with Gasteiger partial charge in [-0.15, -0.1) is 0 Å². The third-order valence-electron chi connectivity index (χ3n) is 9.28. The van der Waals surface area contributed by atoms with Crippen LogP contribution >= 0.6 is 0 Å². The normalized spacial score (nSPS) is 13.8. The topological polar surface area (TPSA) is 134 Å². The summed E-state index contributed by atoms with van der Waals surface area (Å²) in [4.78, 5) is 18.7. The van der Waals surface area contributed by atoms with E-state index in [-0.39, 0.29) is 11.6 Å². The van der Waals surface area contributed by atoms with Gasteiger partial charge in [0, 0.05) is 48.4 Å². The summed E-state index contributed by atoms with van der Waals surface area (Å²) >= 11 is 0. The minimum absolute atomic E-state index is 0.238. The van der Waals surface area contributed by atoms with Crippen LogP contribution in [0.15, 0.2) is 109 Å². The Balaban J connectivity index is 0.000000143. The van der Waals surface area contributed by atoms with Gasteiger partial charge in [0.05, 0.1) is 11.0 Å². The van der Waals surface area contributed by atoms with Crippen LogP contribution in [-0.4, -0.2) is 52.0 Å². The van der Waals surface area contributed by atoms with E-state index in [9.17, 15) is 8.78 Å². The van der Waals surface area contributed by atoms with Gasteiger partial charge in [0.15, 0.2) is 11.6 Å². The lowest BCUT2D eigenvalue weighted by Gasteiger charge is -2.12. The van der Waals surface area contributed by atoms with Gasteiger partial charge >= 0.3 is 0 Å². The van der Waals surface area contributed by atoms with Crippen LogP contribution in [-0.2, 0) is 7.05 Å². The first-order chi connectivity index (χ1) is 26.4. The molecule has 8 aromatic rings. The van der Waals surface area contributed by atoms with Crippen molar-refractivity contribution in [2.24, 2.45) is 7.05 Å². The van der Waals surface area contributed by atoms with Crippen molar-refractivity contribution < 1.29 is 8.78 Å². The highest BCUT2D eigenvalue weighted by atomic mass is 19.1. The second kappa shape index (κ2) is 14.0. The highest BCUT2D eigenvalue weighted by Gasteiger charge is 2.24. The van der Waals surface area contributed by atoms with Gasteiger partial charge in [0.25, 0.3) is 0 Å². The predicted octanol–water partition coefficient (Wildman–Crippen LogP) is 8.89. The number of aryl methyl sites for hydroxylation is 1. The van der Waals surface area contributed by atoms with Crippen molar-refractivity contribution in [3.05, 3.63) is 121 Å². The molecule has 0 saturated heterocycles. The van der Waals surface area contributed by atoms with Crippen molar-refractivity contribution in [2.75, 3.05) is 16.0 Å². The van der Waals surface area contributed by atoms with E-state index in [0.29, 0.717) is 29.7 Å². The maximum Gasteiger partial charge on any atom is 0.230 e. The van der Waals surface area contributed by atoms with Crippen LogP contribution in [0.2, 0.25) is 0 Å². The Labute approximate surface area is 308 Å². The molecular formula is C41H35F2N11. The highest BCUT2D eigenvalue weighted by Crippen LogP contribution is 2.34. The molecule has 0 aliphatic heterocycles. The van der Waals surface area contributed by atoms with Crippen LogP contribution in [0.25, 0.3) is 55.6 Å². The fourth-order valence-corrected chi connectivity index (χ4v) is 6.12. The Bertz CT molecular complexity index is 2580. The number of aromatic amines is 1. The van der Waals surface area contributed by atoms with Crippen molar-refractivity contribution >= 4 is 45.2 Å². The fourth-order valence-electron chi connectivity index (χ4n) is 6.12. The first-order valence-electron chi connectivity index (χ1n) is 17.9. The molecule has 0 radical (unpaired) electrons. The van der Waals surface area contributed by atoms with Crippen LogP contribution in [0.1, 0.15) is 25.7 Å². The van der Waals surface area contributed by atoms with Gasteiger partial charge in [-0.2, -0.15) is 15.2 Å². The van der Waals surface area contributed by atoms with E-state index in [1.54, 1.807) is 35.1 Å². The lowest BCUT2D eigenvalue weighted by Crippen LogP contribution is -2.07. The van der Waals surface area contributed by atoms with Crippen LogP contribution in [0, 0.1) is 11.6 Å². The third-order valence-corrected chi connectivity index (χ3v) is 9.28. The highest BCUT2D eigenvalue weighted by molar-refractivity contribution is 5.95. The first-order valence-corrected chi connectivity index (χ1v) is 17.9. The molecule has 0 amide bonds. The molecule has 11 nitrogen and oxygen atoms in total. The van der Waals surface area contributed by atoms with Gasteiger partial charge in [-0.05, 0) is 103 Å². The SMILES string of the molecule is Cn1ccc(Nc2nc(NC3CC3)c3cc(-c4ccc(F)cc4)ccc3n2)n1.Fc1ccc(-c2ccc3nc(-c4ccn[nH]4)nc(NC4CC4)c3c2)cc1. The number of nitrogens with zero attached hydrogens (tertiary/aromatic N) is 7. The molecule has 2 fully saturated rings. The van der Waals surface area contributed by atoms with E-state index in [1.165, 1.54) is 24.3 Å². The molecule has 4 N–H and O–H groups in total. The van der Waals surface area contributed by atoms with Crippen molar-refractivity contribution in [1.82, 2.24) is 39.9 Å². The van der Waals surface area contributed by atoms with Crippen molar-refractivity contribution in [3.8, 4) is 33.8 Å². The standard InChI is InChI=1S/C21H19FN6.C20H16FN5/c1-28-11-10-19(27-28)25-21-24-18-9-4-14(13-2-5-15(22)6-3-13)12-17(18)20(26-21)23-16-7-8-16;21-14-4-1-12(2-5-14)13-3-8-17-16(11-13)19(23-15-6-7-15)25-20(24-17)18-9-10-22-26-18/h2-6,9-12,16H,7-8H2,1H3,(H2,23,24,25,26,27);1-5,8-11,15H,6-7H2,(H,22,26)(H,23,24,25). The third kappa shape index (κ3) is 7.42. The molecule has 4 heterocycles. The number of anilines is 4. The summed E-state index contributed by atoms with van der Waals surface area (Å²) in [6.45, 7) is 0. The first kappa shape index (κ1) is 33.1. The molecule has 0 unspecified atom stereocenters. The zero-order chi connectivity index (χ0) is 36.6. The summed E-state index contributed by atoms with van der Waals surface area (Å²) in [6, 6.07) is 29.7. The number of nitrogens with one attached hydrogen (secondary N) is 4. The molecule has 268 valence electrons. The summed E-state index contributed by atoms with van der Waals surface area (Å²) in [5, 5.41) is 23.3. The lowest BCUT2D eigenvalue weighted by atomic mass is 10.0. The number of halogens is 2. The van der Waals surface area contributed by atoms with Gasteiger partial charge in [-0.1, -0.05) is 36.4 Å². The van der Waals surface area contributed by atoms with E-state index < -0.39 is 0 Å².